The van der Waals surface area contributed by atoms with Crippen molar-refractivity contribution in [1.29, 1.82) is 0 Å². The van der Waals surface area contributed by atoms with Crippen LogP contribution in [0.4, 0.5) is 0 Å². The molecule has 248 valence electrons. The second-order valence-corrected chi connectivity index (χ2v) is 15.2. The average molecular weight is 673 g/mol. The maximum Gasteiger partial charge on any atom is 0.0165 e. The highest BCUT2D eigenvalue weighted by molar-refractivity contribution is 6.22. The Hall–Kier alpha value is -6.50. The van der Waals surface area contributed by atoms with E-state index in [2.05, 4.69) is 196 Å². The molecular weight excluding hydrogens is 637 g/mol. The molecule has 0 spiro atoms. The Morgan fingerprint density at radius 2 is 0.774 bits per heavy atom. The van der Waals surface area contributed by atoms with E-state index in [0.29, 0.717) is 0 Å². The van der Waals surface area contributed by atoms with Gasteiger partial charge < -0.3 is 0 Å². The van der Waals surface area contributed by atoms with Crippen LogP contribution in [-0.2, 0) is 5.41 Å². The molecule has 0 bridgehead atoms. The number of hydrogen-bond donors (Lipinski definition) is 0. The molecule has 11 rings (SSSR count). The van der Waals surface area contributed by atoms with Gasteiger partial charge in [-0.1, -0.05) is 190 Å². The summed E-state index contributed by atoms with van der Waals surface area (Å²) in [6.45, 7) is 4.77. The summed E-state index contributed by atoms with van der Waals surface area (Å²) >= 11 is 0. The van der Waals surface area contributed by atoms with Crippen LogP contribution in [0.25, 0.3) is 98.4 Å². The van der Waals surface area contributed by atoms with Crippen LogP contribution in [0.1, 0.15) is 25.0 Å². The lowest BCUT2D eigenvalue weighted by Crippen LogP contribution is -2.15. The van der Waals surface area contributed by atoms with E-state index in [0.717, 1.165) is 0 Å². The van der Waals surface area contributed by atoms with Crippen LogP contribution in [0.5, 0.6) is 0 Å². The van der Waals surface area contributed by atoms with Gasteiger partial charge in [-0.3, -0.25) is 0 Å². The summed E-state index contributed by atoms with van der Waals surface area (Å²) in [4.78, 5) is 0. The highest BCUT2D eigenvalue weighted by Crippen LogP contribution is 2.54. The molecule has 0 unspecified atom stereocenters. The van der Waals surface area contributed by atoms with Crippen molar-refractivity contribution >= 4 is 53.9 Å². The third-order valence-electron chi connectivity index (χ3n) is 12.0. The number of benzene rings is 10. The predicted molar refractivity (Wildman–Crippen MR) is 228 cm³/mol. The Morgan fingerprint density at radius 1 is 0.302 bits per heavy atom. The van der Waals surface area contributed by atoms with E-state index in [4.69, 9.17) is 0 Å². The van der Waals surface area contributed by atoms with Gasteiger partial charge in [0.2, 0.25) is 0 Å². The van der Waals surface area contributed by atoms with E-state index in [-0.39, 0.29) is 5.41 Å². The van der Waals surface area contributed by atoms with Gasteiger partial charge in [-0.15, -0.1) is 0 Å². The van der Waals surface area contributed by atoms with Crippen LogP contribution in [0, 0.1) is 0 Å². The second kappa shape index (κ2) is 11.2. The van der Waals surface area contributed by atoms with E-state index < -0.39 is 0 Å². The third kappa shape index (κ3) is 4.36. The molecule has 0 atom stereocenters. The highest BCUT2D eigenvalue weighted by Gasteiger charge is 2.38. The zero-order valence-electron chi connectivity index (χ0n) is 29.8. The highest BCUT2D eigenvalue weighted by atomic mass is 14.4. The van der Waals surface area contributed by atoms with Gasteiger partial charge in [0, 0.05) is 5.41 Å². The summed E-state index contributed by atoms with van der Waals surface area (Å²) in [5.41, 5.74) is 13.1. The van der Waals surface area contributed by atoms with Crippen molar-refractivity contribution in [1.82, 2.24) is 0 Å². The molecule has 10 aromatic carbocycles. The van der Waals surface area contributed by atoms with Crippen molar-refractivity contribution in [2.24, 2.45) is 0 Å². The van der Waals surface area contributed by atoms with Crippen LogP contribution < -0.4 is 0 Å². The van der Waals surface area contributed by atoms with Gasteiger partial charge in [0.15, 0.2) is 0 Å². The molecule has 0 fully saturated rings. The molecule has 0 nitrogen and oxygen atoms in total. The molecule has 0 saturated heterocycles. The van der Waals surface area contributed by atoms with Gasteiger partial charge >= 0.3 is 0 Å². The first kappa shape index (κ1) is 30.2. The largest absolute Gasteiger partial charge is 0.0616 e. The van der Waals surface area contributed by atoms with Gasteiger partial charge in [-0.2, -0.15) is 0 Å². The van der Waals surface area contributed by atoms with Crippen LogP contribution in [0.3, 0.4) is 0 Å². The third-order valence-corrected chi connectivity index (χ3v) is 12.0. The van der Waals surface area contributed by atoms with Crippen molar-refractivity contribution in [2.75, 3.05) is 0 Å². The standard InChI is InChI=1S/C53H36/c1-53(2)48-21-11-20-40(51(48)46-31-30-34-13-4-6-15-41(34)52(46)53)35-24-27-37(28-25-35)49-42-16-7-9-18-44(42)50(45-19-10-8-17-43(45)49)38-29-26-36-23-22-33-12-3-5-14-39(33)47(36)32-38/h3-32H,1-2H3. The van der Waals surface area contributed by atoms with Crippen LogP contribution in [0.2, 0.25) is 0 Å². The quantitative estimate of drug-likeness (QED) is 0.129. The average Bonchev–Trinajstić information content (AvgIpc) is 3.46. The fourth-order valence-electron chi connectivity index (χ4n) is 9.62. The summed E-state index contributed by atoms with van der Waals surface area (Å²) in [6.07, 6.45) is 0. The first-order chi connectivity index (χ1) is 26.1. The molecular formula is C53H36. The summed E-state index contributed by atoms with van der Waals surface area (Å²) in [6, 6.07) is 67.9. The lowest BCUT2D eigenvalue weighted by molar-refractivity contribution is 0.666. The lowest BCUT2D eigenvalue weighted by Gasteiger charge is -2.23. The smallest absolute Gasteiger partial charge is 0.0165 e. The Balaban J connectivity index is 1.09. The molecule has 0 heteroatoms. The minimum Gasteiger partial charge on any atom is -0.0616 e. The fraction of sp³-hybridized carbons (Fsp3) is 0.0566. The Kier molecular flexibility index (Phi) is 6.40. The molecule has 0 aliphatic heterocycles. The van der Waals surface area contributed by atoms with Gasteiger partial charge in [0.1, 0.15) is 0 Å². The van der Waals surface area contributed by atoms with E-state index in [9.17, 15) is 0 Å². The Morgan fingerprint density at radius 3 is 1.43 bits per heavy atom. The Bertz CT molecular complexity index is 3060. The molecule has 0 heterocycles. The molecule has 0 N–H and O–H groups in total. The molecule has 0 aromatic heterocycles. The van der Waals surface area contributed by atoms with E-state index in [1.54, 1.807) is 0 Å². The molecule has 0 radical (unpaired) electrons. The number of rotatable bonds is 3. The number of fused-ring (bicyclic) bond motifs is 10. The molecule has 10 aromatic rings. The van der Waals surface area contributed by atoms with Crippen LogP contribution >= 0.6 is 0 Å². The maximum atomic E-state index is 2.40. The lowest BCUT2D eigenvalue weighted by atomic mass is 9.80. The van der Waals surface area contributed by atoms with E-state index in [1.807, 2.05) is 0 Å². The van der Waals surface area contributed by atoms with Gasteiger partial charge in [0.05, 0.1) is 0 Å². The van der Waals surface area contributed by atoms with Gasteiger partial charge in [0.25, 0.3) is 0 Å². The Labute approximate surface area is 309 Å². The van der Waals surface area contributed by atoms with Crippen LogP contribution in [0.15, 0.2) is 182 Å². The summed E-state index contributed by atoms with van der Waals surface area (Å²) in [5.74, 6) is 0. The minimum atomic E-state index is -0.0841. The van der Waals surface area contributed by atoms with Crippen molar-refractivity contribution in [3.8, 4) is 44.5 Å². The van der Waals surface area contributed by atoms with Crippen molar-refractivity contribution in [3.63, 3.8) is 0 Å². The zero-order chi connectivity index (χ0) is 35.3. The molecule has 1 aliphatic carbocycles. The molecule has 0 saturated carbocycles. The van der Waals surface area contributed by atoms with Gasteiger partial charge in [-0.25, -0.2) is 0 Å². The summed E-state index contributed by atoms with van der Waals surface area (Å²) < 4.78 is 0. The van der Waals surface area contributed by atoms with E-state index in [1.165, 1.54) is 109 Å². The molecule has 1 aliphatic rings. The summed E-state index contributed by atoms with van der Waals surface area (Å²) in [7, 11) is 0. The fourth-order valence-corrected chi connectivity index (χ4v) is 9.62. The molecule has 53 heavy (non-hydrogen) atoms. The maximum absolute atomic E-state index is 2.40. The normalized spacial score (nSPS) is 13.2. The van der Waals surface area contributed by atoms with E-state index >= 15 is 0 Å². The first-order valence-corrected chi connectivity index (χ1v) is 18.7. The van der Waals surface area contributed by atoms with Crippen molar-refractivity contribution in [2.45, 2.75) is 19.3 Å². The molecule has 0 amide bonds. The monoisotopic (exact) mass is 672 g/mol. The topological polar surface area (TPSA) is 0 Å². The van der Waals surface area contributed by atoms with Crippen molar-refractivity contribution < 1.29 is 0 Å². The number of hydrogen-bond acceptors (Lipinski definition) is 0. The van der Waals surface area contributed by atoms with Crippen LogP contribution in [-0.4, -0.2) is 0 Å². The minimum absolute atomic E-state index is 0.0841. The zero-order valence-corrected chi connectivity index (χ0v) is 29.8. The predicted octanol–water partition coefficient (Wildman–Crippen LogP) is 14.8. The van der Waals surface area contributed by atoms with Gasteiger partial charge in [-0.05, 0) is 116 Å². The second-order valence-electron chi connectivity index (χ2n) is 15.2. The SMILES string of the molecule is CC1(C)c2cccc(-c3ccc(-c4c5ccccc5c(-c5ccc6ccc7ccccc7c6c5)c5ccccc45)cc3)c2-c2ccc3ccccc3c21. The first-order valence-electron chi connectivity index (χ1n) is 18.7. The van der Waals surface area contributed by atoms with Crippen molar-refractivity contribution in [3.05, 3.63) is 193 Å². The summed E-state index contributed by atoms with van der Waals surface area (Å²) in [5, 5.41) is 12.9.